The molecule has 3 aliphatic rings. The number of hydrogen-bond donors (Lipinski definition) is 10. The van der Waals surface area contributed by atoms with Gasteiger partial charge in [0.25, 0.3) is 0 Å². The van der Waals surface area contributed by atoms with Crippen LogP contribution in [0.2, 0.25) is 0 Å². The summed E-state index contributed by atoms with van der Waals surface area (Å²) in [6.07, 6.45) is -22.5. The Hall–Kier alpha value is -1.13. The van der Waals surface area contributed by atoms with Crippen LogP contribution >= 0.6 is 0 Å². The predicted molar refractivity (Wildman–Crippen MR) is 131 cm³/mol. The van der Waals surface area contributed by atoms with Crippen molar-refractivity contribution in [1.29, 1.82) is 0 Å². The first kappa shape index (κ1) is 34.4. The zero-order valence-electron chi connectivity index (χ0n) is 23.2. The molecule has 10 N–H and O–H groups in total. The monoisotopic (exact) mass is 601 g/mol. The summed E-state index contributed by atoms with van der Waals surface area (Å²) in [7, 11) is 0. The quantitative estimate of drug-likeness (QED) is 0.118. The number of nitrogens with one attached hydrogen (secondary N) is 1. The van der Waals surface area contributed by atoms with Gasteiger partial charge in [-0.05, 0) is 20.8 Å². The van der Waals surface area contributed by atoms with Gasteiger partial charge < -0.3 is 79.7 Å². The molecule has 1 amide bonds. The van der Waals surface area contributed by atoms with Gasteiger partial charge in [-0.25, -0.2) is 0 Å². The average molecular weight is 602 g/mol. The van der Waals surface area contributed by atoms with Gasteiger partial charge >= 0.3 is 0 Å². The molecule has 17 nitrogen and oxygen atoms in total. The fraction of sp³-hybridized carbons (Fsp3) is 0.958. The number of carbonyl (C=O) groups excluding carboxylic acids is 1. The van der Waals surface area contributed by atoms with E-state index in [0.717, 1.165) is 0 Å². The second kappa shape index (κ2) is 14.1. The molecule has 3 fully saturated rings. The molecule has 0 radical (unpaired) electrons. The Labute approximate surface area is 236 Å². The second-order valence-corrected chi connectivity index (χ2v) is 11.3. The molecule has 0 bridgehead atoms. The lowest BCUT2D eigenvalue weighted by atomic mass is 9.95. The third kappa shape index (κ3) is 7.88. The maximum absolute atomic E-state index is 11.9. The summed E-state index contributed by atoms with van der Waals surface area (Å²) in [5.74, 6) is -0.535. The van der Waals surface area contributed by atoms with E-state index >= 15 is 0 Å². The van der Waals surface area contributed by atoms with Gasteiger partial charge in [0.05, 0.1) is 25.4 Å². The van der Waals surface area contributed by atoms with E-state index in [2.05, 4.69) is 5.32 Å². The molecule has 0 aromatic rings. The molecule has 41 heavy (non-hydrogen) atoms. The van der Waals surface area contributed by atoms with Crippen molar-refractivity contribution in [2.45, 2.75) is 125 Å². The summed E-state index contributed by atoms with van der Waals surface area (Å²) in [6.45, 7) is 4.09. The first-order valence-electron chi connectivity index (χ1n) is 13.3. The van der Waals surface area contributed by atoms with Crippen LogP contribution in [0.25, 0.3) is 0 Å². The van der Waals surface area contributed by atoms with E-state index in [1.807, 2.05) is 0 Å². The van der Waals surface area contributed by atoms with Gasteiger partial charge in [-0.3, -0.25) is 4.79 Å². The highest BCUT2D eigenvalue weighted by Gasteiger charge is 2.54. The highest BCUT2D eigenvalue weighted by molar-refractivity contribution is 5.73. The van der Waals surface area contributed by atoms with Gasteiger partial charge in [0.1, 0.15) is 73.2 Å². The van der Waals surface area contributed by atoms with E-state index < -0.39 is 123 Å². The SMILES string of the molecule is CC(=O)NC1C(OC(C)(C)C)OC(CO)C(OC2OC(CO)C(O)C(OC3OC(CO)C(O)C(O)C3O)C2O)C1O. The zero-order valence-corrected chi connectivity index (χ0v) is 23.2. The van der Waals surface area contributed by atoms with E-state index in [0.29, 0.717) is 0 Å². The van der Waals surface area contributed by atoms with Crippen molar-refractivity contribution in [3.05, 3.63) is 0 Å². The summed E-state index contributed by atoms with van der Waals surface area (Å²) < 4.78 is 33.8. The minimum Gasteiger partial charge on any atom is -0.394 e. The normalized spacial score (nSPS) is 45.8. The number of amides is 1. The molecule has 3 rings (SSSR count). The molecule has 15 atom stereocenters. The lowest BCUT2D eigenvalue weighted by Crippen LogP contribution is -2.68. The van der Waals surface area contributed by atoms with E-state index in [4.69, 9.17) is 28.4 Å². The summed E-state index contributed by atoms with van der Waals surface area (Å²) in [5, 5.41) is 95.2. The number of hydrogen-bond acceptors (Lipinski definition) is 16. The Morgan fingerprint density at radius 1 is 0.659 bits per heavy atom. The molecule has 0 aromatic carbocycles. The topological polar surface area (TPSA) is 267 Å². The molecule has 3 heterocycles. The molecule has 0 aliphatic carbocycles. The lowest BCUT2D eigenvalue weighted by Gasteiger charge is -2.49. The molecule has 0 saturated carbocycles. The first-order chi connectivity index (χ1) is 19.1. The molecule has 3 aliphatic heterocycles. The van der Waals surface area contributed by atoms with Gasteiger partial charge in [-0.2, -0.15) is 0 Å². The second-order valence-electron chi connectivity index (χ2n) is 11.3. The third-order valence-corrected chi connectivity index (χ3v) is 6.95. The first-order valence-corrected chi connectivity index (χ1v) is 13.3. The molecular formula is C24H43NO16. The molecular weight excluding hydrogens is 558 g/mol. The van der Waals surface area contributed by atoms with Crippen LogP contribution in [0, 0.1) is 0 Å². The Balaban J connectivity index is 1.83. The Morgan fingerprint density at radius 2 is 1.15 bits per heavy atom. The summed E-state index contributed by atoms with van der Waals surface area (Å²) in [5.41, 5.74) is -0.781. The van der Waals surface area contributed by atoms with Gasteiger partial charge in [0.15, 0.2) is 18.9 Å². The summed E-state index contributed by atoms with van der Waals surface area (Å²) in [6, 6.07) is -1.19. The van der Waals surface area contributed by atoms with Crippen molar-refractivity contribution >= 4 is 5.91 Å². The predicted octanol–water partition coefficient (Wildman–Crippen LogP) is -5.61. The van der Waals surface area contributed by atoms with Gasteiger partial charge in [0, 0.05) is 6.92 Å². The van der Waals surface area contributed by atoms with Gasteiger partial charge in [-0.1, -0.05) is 0 Å². The molecule has 15 unspecified atom stereocenters. The van der Waals surface area contributed by atoms with Crippen LogP contribution < -0.4 is 5.32 Å². The molecule has 0 aromatic heterocycles. The number of rotatable bonds is 9. The van der Waals surface area contributed by atoms with Gasteiger partial charge in [0.2, 0.25) is 5.91 Å². The number of ether oxygens (including phenoxy) is 6. The van der Waals surface area contributed by atoms with E-state index in [-0.39, 0.29) is 0 Å². The van der Waals surface area contributed by atoms with Crippen LogP contribution in [0.5, 0.6) is 0 Å². The number of aliphatic hydroxyl groups excluding tert-OH is 9. The van der Waals surface area contributed by atoms with Crippen molar-refractivity contribution < 1.29 is 79.2 Å². The van der Waals surface area contributed by atoms with Crippen LogP contribution in [0.3, 0.4) is 0 Å². The Morgan fingerprint density at radius 3 is 1.66 bits per heavy atom. The lowest BCUT2D eigenvalue weighted by molar-refractivity contribution is -0.377. The minimum absolute atomic E-state index is 0.535. The van der Waals surface area contributed by atoms with Crippen LogP contribution in [-0.4, -0.2) is 169 Å². The minimum atomic E-state index is -1.89. The van der Waals surface area contributed by atoms with Crippen molar-refractivity contribution in [3.8, 4) is 0 Å². The fourth-order valence-corrected chi connectivity index (χ4v) is 4.89. The summed E-state index contributed by atoms with van der Waals surface area (Å²) in [4.78, 5) is 11.9. The summed E-state index contributed by atoms with van der Waals surface area (Å²) >= 11 is 0. The number of aliphatic hydroxyl groups is 9. The molecule has 0 spiro atoms. The van der Waals surface area contributed by atoms with Crippen molar-refractivity contribution in [2.24, 2.45) is 0 Å². The molecule has 3 saturated heterocycles. The Kier molecular flexibility index (Phi) is 11.8. The van der Waals surface area contributed by atoms with Crippen LogP contribution in [-0.2, 0) is 33.2 Å². The highest BCUT2D eigenvalue weighted by atomic mass is 16.8. The van der Waals surface area contributed by atoms with Crippen molar-refractivity contribution in [1.82, 2.24) is 5.32 Å². The van der Waals surface area contributed by atoms with E-state index in [1.165, 1.54) is 6.92 Å². The molecule has 240 valence electrons. The van der Waals surface area contributed by atoms with Gasteiger partial charge in [-0.15, -0.1) is 0 Å². The maximum atomic E-state index is 11.9. The highest BCUT2D eigenvalue weighted by Crippen LogP contribution is 2.33. The van der Waals surface area contributed by atoms with Crippen LogP contribution in [0.15, 0.2) is 0 Å². The van der Waals surface area contributed by atoms with Crippen LogP contribution in [0.4, 0.5) is 0 Å². The van der Waals surface area contributed by atoms with Crippen molar-refractivity contribution in [3.63, 3.8) is 0 Å². The zero-order chi connectivity index (χ0) is 30.8. The van der Waals surface area contributed by atoms with E-state index in [1.54, 1.807) is 20.8 Å². The third-order valence-electron chi connectivity index (χ3n) is 6.95. The van der Waals surface area contributed by atoms with Crippen molar-refractivity contribution in [2.75, 3.05) is 19.8 Å². The largest absolute Gasteiger partial charge is 0.394 e. The Bertz CT molecular complexity index is 843. The number of carbonyl (C=O) groups is 1. The average Bonchev–Trinajstić information content (AvgIpc) is 2.90. The smallest absolute Gasteiger partial charge is 0.217 e. The maximum Gasteiger partial charge on any atom is 0.217 e. The standard InChI is InChI=1S/C24H43NO16/c1-8(29)25-12-15(32)19(11(7-28)38-21(12)41-24(2,3)4)39-23-18(35)20(14(31)10(6-27)37-23)40-22-17(34)16(33)13(30)9(5-26)36-22/h9-23,26-28,30-35H,5-7H2,1-4H3,(H,25,29). The fourth-order valence-electron chi connectivity index (χ4n) is 4.89. The molecule has 17 heteroatoms. The van der Waals surface area contributed by atoms with E-state index in [9.17, 15) is 50.8 Å². The van der Waals surface area contributed by atoms with Crippen LogP contribution in [0.1, 0.15) is 27.7 Å².